The second kappa shape index (κ2) is 7.56. The molecule has 2 saturated heterocycles. The van der Waals surface area contributed by atoms with Gasteiger partial charge < -0.3 is 23.5 Å². The van der Waals surface area contributed by atoms with Crippen molar-refractivity contribution in [1.82, 2.24) is 33.7 Å². The standard InChI is InChI=1S/C22H29N7O6/c1-21(2)32-11-14(34-21)16-13(33-22(3,4)35-16)10-27-9-12(24-25-27)17-23-15-18-28(17)7-6-8-29(18)20(31)26(5)19(15)30/h9,13-14,16H,6-8,10-11H2,1-5H3/t13-,14?,16+/m0/s1. The summed E-state index contributed by atoms with van der Waals surface area (Å²) in [6.07, 6.45) is 1.58. The first-order valence-electron chi connectivity index (χ1n) is 11.8. The van der Waals surface area contributed by atoms with Gasteiger partial charge in [-0.1, -0.05) is 5.21 Å². The van der Waals surface area contributed by atoms with Gasteiger partial charge in [-0.3, -0.25) is 13.9 Å². The average Bonchev–Trinajstić information content (AvgIpc) is 3.55. The normalized spacial score (nSPS) is 27.2. The molecule has 0 spiro atoms. The van der Waals surface area contributed by atoms with Crippen LogP contribution in [0.2, 0.25) is 0 Å². The number of aryl methyl sites for hydroxylation is 2. The molecule has 3 aromatic rings. The van der Waals surface area contributed by atoms with Crippen molar-refractivity contribution in [3.05, 3.63) is 27.0 Å². The van der Waals surface area contributed by atoms with Gasteiger partial charge in [-0.25, -0.2) is 14.5 Å². The minimum Gasteiger partial charge on any atom is -0.348 e. The first-order valence-corrected chi connectivity index (χ1v) is 11.8. The van der Waals surface area contributed by atoms with E-state index in [0.29, 0.717) is 43.4 Å². The van der Waals surface area contributed by atoms with Gasteiger partial charge in [-0.2, -0.15) is 0 Å². The van der Waals surface area contributed by atoms with Gasteiger partial charge in [0, 0.05) is 20.1 Å². The molecular weight excluding hydrogens is 458 g/mol. The minimum atomic E-state index is -0.774. The van der Waals surface area contributed by atoms with Crippen LogP contribution in [0.1, 0.15) is 34.1 Å². The quantitative estimate of drug-likeness (QED) is 0.508. The Balaban J connectivity index is 1.32. The molecule has 13 heteroatoms. The maximum atomic E-state index is 12.7. The molecule has 0 saturated carbocycles. The lowest BCUT2D eigenvalue weighted by Crippen LogP contribution is -2.40. The van der Waals surface area contributed by atoms with Gasteiger partial charge in [0.1, 0.15) is 24.0 Å². The zero-order chi connectivity index (χ0) is 24.7. The Bertz CT molecular complexity index is 1430. The average molecular weight is 488 g/mol. The predicted molar refractivity (Wildman–Crippen MR) is 122 cm³/mol. The van der Waals surface area contributed by atoms with Crippen LogP contribution in [-0.4, -0.2) is 70.2 Å². The lowest BCUT2D eigenvalue weighted by Gasteiger charge is -2.23. The zero-order valence-corrected chi connectivity index (χ0v) is 20.4. The minimum absolute atomic E-state index is 0.256. The van der Waals surface area contributed by atoms with Crippen LogP contribution in [-0.2, 0) is 45.6 Å². The van der Waals surface area contributed by atoms with Crippen LogP contribution in [0.15, 0.2) is 15.8 Å². The van der Waals surface area contributed by atoms with Gasteiger partial charge in [-0.15, -0.1) is 5.10 Å². The van der Waals surface area contributed by atoms with E-state index in [9.17, 15) is 9.59 Å². The van der Waals surface area contributed by atoms with E-state index in [1.54, 1.807) is 15.4 Å². The summed E-state index contributed by atoms with van der Waals surface area (Å²) < 4.78 is 30.4. The lowest BCUT2D eigenvalue weighted by molar-refractivity contribution is -0.174. The monoisotopic (exact) mass is 487 g/mol. The predicted octanol–water partition coefficient (Wildman–Crippen LogP) is 0.231. The smallest absolute Gasteiger partial charge is 0.332 e. The van der Waals surface area contributed by atoms with Crippen molar-refractivity contribution in [2.75, 3.05) is 6.61 Å². The molecule has 6 heterocycles. The number of hydrogen-bond acceptors (Lipinski definition) is 9. The van der Waals surface area contributed by atoms with E-state index in [4.69, 9.17) is 18.9 Å². The summed E-state index contributed by atoms with van der Waals surface area (Å²) >= 11 is 0. The third-order valence-electron chi connectivity index (χ3n) is 6.74. The Labute approximate surface area is 200 Å². The second-order valence-electron chi connectivity index (χ2n) is 10.2. The van der Waals surface area contributed by atoms with Crippen molar-refractivity contribution in [3.8, 4) is 11.5 Å². The highest BCUT2D eigenvalue weighted by atomic mass is 16.8. The molecule has 0 N–H and O–H groups in total. The van der Waals surface area contributed by atoms with Gasteiger partial charge in [-0.05, 0) is 34.1 Å². The Morgan fingerprint density at radius 3 is 2.57 bits per heavy atom. The van der Waals surface area contributed by atoms with Gasteiger partial charge in [0.25, 0.3) is 5.56 Å². The van der Waals surface area contributed by atoms with Crippen LogP contribution < -0.4 is 11.2 Å². The fourth-order valence-electron chi connectivity index (χ4n) is 5.25. The maximum Gasteiger partial charge on any atom is 0.332 e. The van der Waals surface area contributed by atoms with E-state index in [1.807, 2.05) is 32.3 Å². The van der Waals surface area contributed by atoms with E-state index in [1.165, 1.54) is 7.05 Å². The highest BCUT2D eigenvalue weighted by molar-refractivity contribution is 5.76. The summed E-state index contributed by atoms with van der Waals surface area (Å²) in [5, 5.41) is 8.61. The number of rotatable bonds is 4. The van der Waals surface area contributed by atoms with E-state index < -0.39 is 17.1 Å². The fraction of sp³-hybridized carbons (Fsp3) is 0.682. The molecule has 6 rings (SSSR count). The van der Waals surface area contributed by atoms with Gasteiger partial charge in [0.05, 0.1) is 19.3 Å². The summed E-state index contributed by atoms with van der Waals surface area (Å²) in [7, 11) is 1.47. The largest absolute Gasteiger partial charge is 0.348 e. The van der Waals surface area contributed by atoms with Gasteiger partial charge >= 0.3 is 5.69 Å². The Kier molecular flexibility index (Phi) is 4.88. The van der Waals surface area contributed by atoms with E-state index in [2.05, 4.69) is 15.3 Å². The van der Waals surface area contributed by atoms with Crippen LogP contribution in [0.3, 0.4) is 0 Å². The summed E-state index contributed by atoms with van der Waals surface area (Å²) in [6.45, 7) is 9.46. The molecule has 0 radical (unpaired) electrons. The summed E-state index contributed by atoms with van der Waals surface area (Å²) in [5.41, 5.74) is 0.544. The van der Waals surface area contributed by atoms with E-state index >= 15 is 0 Å². The Morgan fingerprint density at radius 1 is 1.06 bits per heavy atom. The second-order valence-corrected chi connectivity index (χ2v) is 10.2. The van der Waals surface area contributed by atoms with Crippen LogP contribution in [0.25, 0.3) is 22.7 Å². The summed E-state index contributed by atoms with van der Waals surface area (Å²) in [6, 6.07) is 0. The van der Waals surface area contributed by atoms with Crippen molar-refractivity contribution in [3.63, 3.8) is 0 Å². The van der Waals surface area contributed by atoms with Gasteiger partial charge in [0.2, 0.25) is 0 Å². The van der Waals surface area contributed by atoms with Crippen LogP contribution in [0.5, 0.6) is 0 Å². The Hall–Kier alpha value is -2.87. The zero-order valence-electron chi connectivity index (χ0n) is 20.4. The Morgan fingerprint density at radius 2 is 1.83 bits per heavy atom. The SMILES string of the molecule is Cn1c(=O)c2nc(-c3cn(C[C@@H]4OC(C)(C)O[C@H]4C4COC(C)(C)O4)nn3)n3c2n(c1=O)CCC3. The number of ether oxygens (including phenoxy) is 4. The van der Waals surface area contributed by atoms with Crippen molar-refractivity contribution in [2.45, 2.75) is 83.6 Å². The lowest BCUT2D eigenvalue weighted by atomic mass is 10.1. The highest BCUT2D eigenvalue weighted by Gasteiger charge is 2.49. The molecule has 3 aliphatic rings. The number of hydrogen-bond donors (Lipinski definition) is 0. The topological polar surface area (TPSA) is 129 Å². The van der Waals surface area contributed by atoms with Crippen molar-refractivity contribution in [1.29, 1.82) is 0 Å². The summed E-state index contributed by atoms with van der Waals surface area (Å²) in [5.74, 6) is -0.936. The third-order valence-corrected chi connectivity index (χ3v) is 6.74. The number of imidazole rings is 1. The first-order chi connectivity index (χ1) is 16.5. The van der Waals surface area contributed by atoms with E-state index in [-0.39, 0.29) is 29.5 Å². The van der Waals surface area contributed by atoms with E-state index in [0.717, 1.165) is 11.0 Å². The molecule has 13 nitrogen and oxygen atoms in total. The molecule has 0 bridgehead atoms. The van der Waals surface area contributed by atoms with Crippen molar-refractivity contribution in [2.24, 2.45) is 7.05 Å². The molecule has 188 valence electrons. The molecule has 1 unspecified atom stereocenters. The van der Waals surface area contributed by atoms with Crippen molar-refractivity contribution >= 4 is 11.2 Å². The highest BCUT2D eigenvalue weighted by Crippen LogP contribution is 2.36. The molecule has 0 amide bonds. The van der Waals surface area contributed by atoms with Crippen LogP contribution in [0, 0.1) is 0 Å². The summed E-state index contributed by atoms with van der Waals surface area (Å²) in [4.78, 5) is 29.9. The molecule has 0 aliphatic carbocycles. The molecule has 35 heavy (non-hydrogen) atoms. The molecule has 0 aromatic carbocycles. The molecule has 3 aliphatic heterocycles. The molecule has 2 fully saturated rings. The van der Waals surface area contributed by atoms with Crippen LogP contribution >= 0.6 is 0 Å². The first kappa shape index (κ1) is 22.6. The third kappa shape index (κ3) is 3.64. The molecular formula is C22H29N7O6. The van der Waals surface area contributed by atoms with Gasteiger partial charge in [0.15, 0.2) is 28.6 Å². The fourth-order valence-corrected chi connectivity index (χ4v) is 5.25. The number of aromatic nitrogens is 7. The maximum absolute atomic E-state index is 12.7. The molecule has 3 aromatic heterocycles. The van der Waals surface area contributed by atoms with Crippen molar-refractivity contribution < 1.29 is 18.9 Å². The molecule has 3 atom stereocenters. The number of nitrogens with zero attached hydrogens (tertiary/aromatic N) is 7. The van der Waals surface area contributed by atoms with Crippen LogP contribution in [0.4, 0.5) is 0 Å².